The second-order valence-corrected chi connectivity index (χ2v) is 5.77. The van der Waals surface area contributed by atoms with Gasteiger partial charge in [-0.2, -0.15) is 0 Å². The Bertz CT molecular complexity index is 651. The molecule has 0 bridgehead atoms. The van der Waals surface area contributed by atoms with Gasteiger partial charge in [-0.15, -0.1) is 11.3 Å². The highest BCUT2D eigenvalue weighted by atomic mass is 32.1. The number of benzene rings is 1. The molecule has 1 amide bonds. The van der Waals surface area contributed by atoms with Crippen LogP contribution in [-0.4, -0.2) is 24.5 Å². The average molecular weight is 288 g/mol. The number of thiophene rings is 1. The van der Waals surface area contributed by atoms with Crippen LogP contribution >= 0.6 is 11.3 Å². The predicted molar refractivity (Wildman–Crippen MR) is 80.2 cm³/mol. The summed E-state index contributed by atoms with van der Waals surface area (Å²) in [5.41, 5.74) is 8.14. The molecule has 2 N–H and O–H groups in total. The van der Waals surface area contributed by atoms with E-state index < -0.39 is 0 Å². The molecule has 4 nitrogen and oxygen atoms in total. The van der Waals surface area contributed by atoms with Crippen LogP contribution in [0.25, 0.3) is 0 Å². The summed E-state index contributed by atoms with van der Waals surface area (Å²) in [6.45, 7) is 1.40. The first-order valence-electron chi connectivity index (χ1n) is 6.47. The van der Waals surface area contributed by atoms with Crippen LogP contribution in [0.15, 0.2) is 29.6 Å². The van der Waals surface area contributed by atoms with Gasteiger partial charge in [0.2, 0.25) is 0 Å². The quantitative estimate of drug-likeness (QED) is 0.864. The standard InChI is InChI=1S/C15H16N2O2S/c1-19-14-11(3-2-4-12(14)16)15(18)17-7-5-13-10(9-17)6-8-20-13/h2-4,6,8H,5,7,9,16H2,1H3. The molecule has 1 aromatic carbocycles. The normalized spacial score (nSPS) is 13.9. The molecule has 0 radical (unpaired) electrons. The van der Waals surface area contributed by atoms with E-state index in [1.165, 1.54) is 17.6 Å². The number of anilines is 1. The van der Waals surface area contributed by atoms with E-state index in [0.717, 1.165) is 13.0 Å². The topological polar surface area (TPSA) is 55.6 Å². The van der Waals surface area contributed by atoms with E-state index in [0.29, 0.717) is 23.5 Å². The van der Waals surface area contributed by atoms with Gasteiger partial charge in [0, 0.05) is 18.0 Å². The zero-order chi connectivity index (χ0) is 14.1. The van der Waals surface area contributed by atoms with Crippen molar-refractivity contribution in [1.29, 1.82) is 0 Å². The number of hydrogen-bond acceptors (Lipinski definition) is 4. The number of methoxy groups -OCH3 is 1. The van der Waals surface area contributed by atoms with Gasteiger partial charge in [0.15, 0.2) is 5.75 Å². The molecular weight excluding hydrogens is 272 g/mol. The molecule has 5 heteroatoms. The Labute approximate surface area is 121 Å². The SMILES string of the molecule is COc1c(N)cccc1C(=O)N1CCc2sccc2C1. The molecule has 0 atom stereocenters. The molecule has 0 aliphatic carbocycles. The highest BCUT2D eigenvalue weighted by Crippen LogP contribution is 2.30. The van der Waals surface area contributed by atoms with Gasteiger partial charge in [0.25, 0.3) is 5.91 Å². The lowest BCUT2D eigenvalue weighted by Gasteiger charge is -2.27. The number of fused-ring (bicyclic) bond motifs is 1. The number of nitrogen functional groups attached to an aromatic ring is 1. The molecule has 1 aromatic heterocycles. The number of amides is 1. The summed E-state index contributed by atoms with van der Waals surface area (Å²) in [4.78, 5) is 15.9. The van der Waals surface area contributed by atoms with E-state index in [2.05, 4.69) is 11.4 Å². The number of nitrogens with two attached hydrogens (primary N) is 1. The van der Waals surface area contributed by atoms with Crippen LogP contribution in [0, 0.1) is 0 Å². The summed E-state index contributed by atoms with van der Waals surface area (Å²) < 4.78 is 5.27. The van der Waals surface area contributed by atoms with E-state index in [1.54, 1.807) is 29.5 Å². The molecule has 0 fully saturated rings. The van der Waals surface area contributed by atoms with Gasteiger partial charge in [-0.1, -0.05) is 6.07 Å². The van der Waals surface area contributed by atoms with Gasteiger partial charge < -0.3 is 15.4 Å². The first-order valence-corrected chi connectivity index (χ1v) is 7.35. The number of nitrogens with zero attached hydrogens (tertiary/aromatic N) is 1. The van der Waals surface area contributed by atoms with Crippen LogP contribution in [0.3, 0.4) is 0 Å². The fourth-order valence-electron chi connectivity index (χ4n) is 2.54. The monoisotopic (exact) mass is 288 g/mol. The first-order chi connectivity index (χ1) is 9.70. The van der Waals surface area contributed by atoms with Crippen molar-refractivity contribution in [2.45, 2.75) is 13.0 Å². The van der Waals surface area contributed by atoms with Crippen molar-refractivity contribution in [3.05, 3.63) is 45.6 Å². The third-order valence-corrected chi connectivity index (χ3v) is 4.60. The maximum atomic E-state index is 12.7. The number of para-hydroxylation sites is 1. The van der Waals surface area contributed by atoms with Crippen molar-refractivity contribution in [3.8, 4) is 5.75 Å². The Balaban J connectivity index is 1.89. The highest BCUT2D eigenvalue weighted by Gasteiger charge is 2.25. The largest absolute Gasteiger partial charge is 0.494 e. The molecule has 0 spiro atoms. The molecule has 2 heterocycles. The summed E-state index contributed by atoms with van der Waals surface area (Å²) >= 11 is 1.76. The summed E-state index contributed by atoms with van der Waals surface area (Å²) in [5.74, 6) is 0.444. The number of rotatable bonds is 2. The lowest BCUT2D eigenvalue weighted by atomic mass is 10.1. The second-order valence-electron chi connectivity index (χ2n) is 4.77. The van der Waals surface area contributed by atoms with E-state index in [1.807, 2.05) is 4.90 Å². The molecule has 1 aliphatic rings. The molecule has 104 valence electrons. The minimum absolute atomic E-state index is 0.0222. The molecule has 2 aromatic rings. The molecular formula is C15H16N2O2S. The van der Waals surface area contributed by atoms with Crippen LogP contribution in [0.2, 0.25) is 0 Å². The van der Waals surface area contributed by atoms with Crippen LogP contribution in [0.5, 0.6) is 5.75 Å². The van der Waals surface area contributed by atoms with Crippen LogP contribution in [-0.2, 0) is 13.0 Å². The van der Waals surface area contributed by atoms with Crippen molar-refractivity contribution in [3.63, 3.8) is 0 Å². The van der Waals surface area contributed by atoms with Gasteiger partial charge in [-0.05, 0) is 35.6 Å². The van der Waals surface area contributed by atoms with Crippen molar-refractivity contribution in [2.75, 3.05) is 19.4 Å². The maximum absolute atomic E-state index is 12.7. The Morgan fingerprint density at radius 1 is 1.40 bits per heavy atom. The number of carbonyl (C=O) groups is 1. The Kier molecular flexibility index (Phi) is 3.36. The predicted octanol–water partition coefficient (Wildman–Crippen LogP) is 2.54. The molecule has 20 heavy (non-hydrogen) atoms. The van der Waals surface area contributed by atoms with Gasteiger partial charge >= 0.3 is 0 Å². The number of hydrogen-bond donors (Lipinski definition) is 1. The van der Waals surface area contributed by atoms with Gasteiger partial charge in [-0.25, -0.2) is 0 Å². The minimum atomic E-state index is -0.0222. The third-order valence-electron chi connectivity index (χ3n) is 3.57. The Morgan fingerprint density at radius 2 is 2.25 bits per heavy atom. The van der Waals surface area contributed by atoms with E-state index in [4.69, 9.17) is 10.5 Å². The van der Waals surface area contributed by atoms with Gasteiger partial charge in [0.05, 0.1) is 18.4 Å². The van der Waals surface area contributed by atoms with Crippen molar-refractivity contribution < 1.29 is 9.53 Å². The van der Waals surface area contributed by atoms with Gasteiger partial charge in [-0.3, -0.25) is 4.79 Å². The Hall–Kier alpha value is -2.01. The fraction of sp³-hybridized carbons (Fsp3) is 0.267. The lowest BCUT2D eigenvalue weighted by Crippen LogP contribution is -2.35. The molecule has 3 rings (SSSR count). The third kappa shape index (κ3) is 2.14. The van der Waals surface area contributed by atoms with E-state index in [-0.39, 0.29) is 5.91 Å². The molecule has 0 unspecified atom stereocenters. The highest BCUT2D eigenvalue weighted by molar-refractivity contribution is 7.10. The lowest BCUT2D eigenvalue weighted by molar-refractivity contribution is 0.0732. The van der Waals surface area contributed by atoms with Gasteiger partial charge in [0.1, 0.15) is 0 Å². The smallest absolute Gasteiger partial charge is 0.258 e. The van der Waals surface area contributed by atoms with Crippen molar-refractivity contribution >= 4 is 22.9 Å². The molecule has 0 saturated heterocycles. The summed E-state index contributed by atoms with van der Waals surface area (Å²) in [6.07, 6.45) is 0.920. The molecule has 0 saturated carbocycles. The molecule has 1 aliphatic heterocycles. The number of carbonyl (C=O) groups excluding carboxylic acids is 1. The van der Waals surface area contributed by atoms with Crippen LogP contribution in [0.1, 0.15) is 20.8 Å². The summed E-state index contributed by atoms with van der Waals surface area (Å²) in [5, 5.41) is 2.08. The van der Waals surface area contributed by atoms with Crippen molar-refractivity contribution in [2.24, 2.45) is 0 Å². The van der Waals surface area contributed by atoms with Crippen LogP contribution in [0.4, 0.5) is 5.69 Å². The van der Waals surface area contributed by atoms with E-state index in [9.17, 15) is 4.79 Å². The zero-order valence-corrected chi connectivity index (χ0v) is 12.1. The van der Waals surface area contributed by atoms with E-state index >= 15 is 0 Å². The first kappa shape index (κ1) is 13.0. The fourth-order valence-corrected chi connectivity index (χ4v) is 3.43. The minimum Gasteiger partial charge on any atom is -0.494 e. The average Bonchev–Trinajstić information content (AvgIpc) is 2.93. The second kappa shape index (κ2) is 5.17. The van der Waals surface area contributed by atoms with Crippen molar-refractivity contribution in [1.82, 2.24) is 4.90 Å². The maximum Gasteiger partial charge on any atom is 0.258 e. The van der Waals surface area contributed by atoms with Crippen LogP contribution < -0.4 is 10.5 Å². The zero-order valence-electron chi connectivity index (χ0n) is 11.3. The number of ether oxygens (including phenoxy) is 1. The summed E-state index contributed by atoms with van der Waals surface area (Å²) in [7, 11) is 1.54. The Morgan fingerprint density at radius 3 is 3.05 bits per heavy atom. The summed E-state index contributed by atoms with van der Waals surface area (Å²) in [6, 6.07) is 7.38.